The van der Waals surface area contributed by atoms with Crippen molar-refractivity contribution >= 4 is 34.7 Å². The average molecular weight is 302 g/mol. The summed E-state index contributed by atoms with van der Waals surface area (Å²) in [6, 6.07) is 8.43. The van der Waals surface area contributed by atoms with E-state index in [-0.39, 0.29) is 5.78 Å². The molecule has 0 amide bonds. The van der Waals surface area contributed by atoms with E-state index in [0.717, 1.165) is 31.6 Å². The molecular weight excluding hydrogens is 281 g/mol. The van der Waals surface area contributed by atoms with Crippen molar-refractivity contribution in [1.29, 1.82) is 0 Å². The molecule has 0 unspecified atom stereocenters. The minimum atomic E-state index is 0.257. The zero-order valence-electron chi connectivity index (χ0n) is 11.4. The minimum Gasteiger partial charge on any atom is -0.369 e. The second-order valence-electron chi connectivity index (χ2n) is 4.59. The lowest BCUT2D eigenvalue weighted by Gasteiger charge is -2.23. The van der Waals surface area contributed by atoms with Gasteiger partial charge in [0.25, 0.3) is 0 Å². The number of benzene rings is 1. The van der Waals surface area contributed by atoms with E-state index in [1.165, 1.54) is 5.56 Å². The lowest BCUT2D eigenvalue weighted by molar-refractivity contribution is -0.117. The van der Waals surface area contributed by atoms with Gasteiger partial charge in [0.15, 0.2) is 0 Å². The monoisotopic (exact) mass is 301 g/mol. The van der Waals surface area contributed by atoms with Gasteiger partial charge in [0.1, 0.15) is 5.78 Å². The Morgan fingerprint density at radius 3 is 2.16 bits per heavy atom. The zero-order chi connectivity index (χ0) is 14.1. The number of anilines is 1. The number of aryl methyl sites for hydroxylation is 1. The van der Waals surface area contributed by atoms with E-state index in [4.69, 9.17) is 23.2 Å². The summed E-state index contributed by atoms with van der Waals surface area (Å²) in [4.78, 5) is 13.1. The van der Waals surface area contributed by atoms with E-state index in [0.29, 0.717) is 18.2 Å². The topological polar surface area (TPSA) is 20.3 Å². The summed E-state index contributed by atoms with van der Waals surface area (Å²) in [7, 11) is 0. The van der Waals surface area contributed by atoms with E-state index in [1.807, 2.05) is 0 Å². The summed E-state index contributed by atoms with van der Waals surface area (Å²) >= 11 is 11.6. The van der Waals surface area contributed by atoms with Crippen molar-refractivity contribution in [2.45, 2.75) is 26.2 Å². The predicted octanol–water partition coefficient (Wildman–Crippen LogP) is 3.88. The summed E-state index contributed by atoms with van der Waals surface area (Å²) in [6.07, 6.45) is 2.53. The number of alkyl halides is 2. The molecule has 0 heterocycles. The molecule has 0 aliphatic rings. The maximum absolute atomic E-state index is 10.9. The largest absolute Gasteiger partial charge is 0.369 e. The van der Waals surface area contributed by atoms with Crippen LogP contribution in [0.25, 0.3) is 0 Å². The molecule has 1 aromatic carbocycles. The van der Waals surface area contributed by atoms with Crippen LogP contribution in [0.5, 0.6) is 0 Å². The van der Waals surface area contributed by atoms with Gasteiger partial charge >= 0.3 is 0 Å². The molecule has 0 N–H and O–H groups in total. The molecule has 0 aliphatic carbocycles. The number of nitrogens with zero attached hydrogens (tertiary/aromatic N) is 1. The highest BCUT2D eigenvalue weighted by Crippen LogP contribution is 2.16. The van der Waals surface area contributed by atoms with Gasteiger partial charge in [0.2, 0.25) is 0 Å². The van der Waals surface area contributed by atoms with Gasteiger partial charge in [-0.3, -0.25) is 0 Å². The van der Waals surface area contributed by atoms with Crippen molar-refractivity contribution in [3.63, 3.8) is 0 Å². The Morgan fingerprint density at radius 1 is 1.11 bits per heavy atom. The lowest BCUT2D eigenvalue weighted by atomic mass is 10.1. The Kier molecular flexibility index (Phi) is 7.92. The highest BCUT2D eigenvalue weighted by Gasteiger charge is 2.05. The van der Waals surface area contributed by atoms with Gasteiger partial charge in [-0.1, -0.05) is 12.1 Å². The summed E-state index contributed by atoms with van der Waals surface area (Å²) in [6.45, 7) is 3.25. The second kappa shape index (κ2) is 9.22. The van der Waals surface area contributed by atoms with Gasteiger partial charge in [-0.15, -0.1) is 23.2 Å². The molecule has 0 radical (unpaired) electrons. The maximum Gasteiger partial charge on any atom is 0.129 e. The van der Waals surface area contributed by atoms with Crippen molar-refractivity contribution in [1.82, 2.24) is 0 Å². The summed E-state index contributed by atoms with van der Waals surface area (Å²) in [5, 5.41) is 0. The third-order valence-corrected chi connectivity index (χ3v) is 3.34. The standard InChI is InChI=1S/C15H21Cl2NO/c1-13(19)3-2-4-14-5-7-15(8-6-14)18(11-9-16)12-10-17/h5-8H,2-4,9-12H2,1H3. The van der Waals surface area contributed by atoms with Gasteiger partial charge in [0, 0.05) is 37.0 Å². The maximum atomic E-state index is 10.9. The average Bonchev–Trinajstić information content (AvgIpc) is 2.39. The molecule has 0 saturated heterocycles. The fourth-order valence-electron chi connectivity index (χ4n) is 1.99. The van der Waals surface area contributed by atoms with Crippen molar-refractivity contribution < 1.29 is 4.79 Å². The fourth-order valence-corrected chi connectivity index (χ4v) is 2.40. The van der Waals surface area contributed by atoms with Gasteiger partial charge in [0.05, 0.1) is 0 Å². The Labute approximate surface area is 125 Å². The highest BCUT2D eigenvalue weighted by molar-refractivity contribution is 6.18. The first-order valence-electron chi connectivity index (χ1n) is 6.62. The Balaban J connectivity index is 2.55. The normalized spacial score (nSPS) is 10.5. The van der Waals surface area contributed by atoms with Crippen LogP contribution in [-0.2, 0) is 11.2 Å². The van der Waals surface area contributed by atoms with Gasteiger partial charge in [-0.2, -0.15) is 0 Å². The molecule has 0 fully saturated rings. The van der Waals surface area contributed by atoms with E-state index >= 15 is 0 Å². The van der Waals surface area contributed by atoms with E-state index in [9.17, 15) is 4.79 Å². The van der Waals surface area contributed by atoms with Crippen LogP contribution in [0.2, 0.25) is 0 Å². The van der Waals surface area contributed by atoms with E-state index in [1.54, 1.807) is 6.92 Å². The third kappa shape index (κ3) is 6.31. The van der Waals surface area contributed by atoms with Gasteiger partial charge < -0.3 is 9.69 Å². The SMILES string of the molecule is CC(=O)CCCc1ccc(N(CCCl)CCCl)cc1. The molecule has 0 aliphatic heterocycles. The van der Waals surface area contributed by atoms with Crippen LogP contribution < -0.4 is 4.90 Å². The van der Waals surface area contributed by atoms with Crippen molar-refractivity contribution in [2.24, 2.45) is 0 Å². The molecule has 0 spiro atoms. The van der Waals surface area contributed by atoms with Crippen LogP contribution in [0.3, 0.4) is 0 Å². The van der Waals surface area contributed by atoms with Gasteiger partial charge in [-0.25, -0.2) is 0 Å². The van der Waals surface area contributed by atoms with Crippen LogP contribution in [0.1, 0.15) is 25.3 Å². The number of hydrogen-bond acceptors (Lipinski definition) is 2. The molecule has 1 aromatic rings. The predicted molar refractivity (Wildman–Crippen MR) is 83.7 cm³/mol. The Hall–Kier alpha value is -0.730. The van der Waals surface area contributed by atoms with Crippen LogP contribution in [-0.4, -0.2) is 30.6 Å². The van der Waals surface area contributed by atoms with Crippen molar-refractivity contribution in [3.05, 3.63) is 29.8 Å². The fraction of sp³-hybridized carbons (Fsp3) is 0.533. The number of hydrogen-bond donors (Lipinski definition) is 0. The van der Waals surface area contributed by atoms with Crippen molar-refractivity contribution in [2.75, 3.05) is 29.7 Å². The van der Waals surface area contributed by atoms with Crippen LogP contribution >= 0.6 is 23.2 Å². The van der Waals surface area contributed by atoms with E-state index in [2.05, 4.69) is 29.2 Å². The molecule has 0 atom stereocenters. The molecule has 4 heteroatoms. The molecule has 0 aromatic heterocycles. The quantitative estimate of drug-likeness (QED) is 0.645. The molecule has 2 nitrogen and oxygen atoms in total. The first kappa shape index (κ1) is 16.3. The number of halogens is 2. The number of carbonyl (C=O) groups excluding carboxylic acids is 1. The van der Waals surface area contributed by atoms with Crippen LogP contribution in [0, 0.1) is 0 Å². The summed E-state index contributed by atoms with van der Waals surface area (Å²) in [5.74, 6) is 1.45. The lowest BCUT2D eigenvalue weighted by Crippen LogP contribution is -2.27. The first-order chi connectivity index (χ1) is 9.17. The number of Topliss-reactive ketones (excluding diaryl/α,β-unsaturated/α-hetero) is 1. The molecule has 0 bridgehead atoms. The minimum absolute atomic E-state index is 0.257. The third-order valence-electron chi connectivity index (χ3n) is 3.00. The molecule has 19 heavy (non-hydrogen) atoms. The Bertz CT molecular complexity index is 372. The molecular formula is C15H21Cl2NO. The van der Waals surface area contributed by atoms with Crippen LogP contribution in [0.15, 0.2) is 24.3 Å². The zero-order valence-corrected chi connectivity index (χ0v) is 12.9. The second-order valence-corrected chi connectivity index (χ2v) is 5.34. The summed E-state index contributed by atoms with van der Waals surface area (Å²) in [5.41, 5.74) is 2.42. The van der Waals surface area contributed by atoms with Gasteiger partial charge in [-0.05, 0) is 37.5 Å². The Morgan fingerprint density at radius 2 is 1.68 bits per heavy atom. The van der Waals surface area contributed by atoms with Crippen molar-refractivity contribution in [3.8, 4) is 0 Å². The smallest absolute Gasteiger partial charge is 0.129 e. The highest BCUT2D eigenvalue weighted by atomic mass is 35.5. The van der Waals surface area contributed by atoms with Crippen LogP contribution in [0.4, 0.5) is 5.69 Å². The number of carbonyl (C=O) groups is 1. The number of ketones is 1. The molecule has 0 saturated carbocycles. The first-order valence-corrected chi connectivity index (χ1v) is 7.69. The van der Waals surface area contributed by atoms with E-state index < -0.39 is 0 Å². The summed E-state index contributed by atoms with van der Waals surface area (Å²) < 4.78 is 0. The molecule has 1 rings (SSSR count). The molecule has 106 valence electrons. The number of rotatable bonds is 9.